The van der Waals surface area contributed by atoms with Gasteiger partial charge in [0.1, 0.15) is 0 Å². The van der Waals surface area contributed by atoms with Crippen LogP contribution in [0.5, 0.6) is 0 Å². The highest BCUT2D eigenvalue weighted by atomic mass is 35.5. The van der Waals surface area contributed by atoms with E-state index in [1.54, 1.807) is 24.3 Å². The zero-order valence-corrected chi connectivity index (χ0v) is 14.2. The summed E-state index contributed by atoms with van der Waals surface area (Å²) in [4.78, 5) is 23.8. The molecule has 126 valence electrons. The Bertz CT molecular complexity index is 704. The standard InChI is InChI=1S/C15H18ClNO5S/c1-10(15(19)17-13-4-2-3-12(16)8-13)22-14(18)7-11-5-6-23(20,21)9-11/h2-4,8,10-11H,5-7,9H2,1H3,(H,17,19)/t10-,11+/m1/s1. The molecule has 0 spiro atoms. The van der Waals surface area contributed by atoms with Crippen molar-refractivity contribution >= 4 is 39.0 Å². The second kappa shape index (κ2) is 7.31. The Balaban J connectivity index is 1.82. The van der Waals surface area contributed by atoms with E-state index in [9.17, 15) is 18.0 Å². The van der Waals surface area contributed by atoms with Crippen molar-refractivity contribution in [1.82, 2.24) is 0 Å². The molecule has 0 bridgehead atoms. The van der Waals surface area contributed by atoms with E-state index in [4.69, 9.17) is 16.3 Å². The first-order chi connectivity index (χ1) is 10.7. The Morgan fingerprint density at radius 3 is 2.78 bits per heavy atom. The van der Waals surface area contributed by atoms with Crippen LogP contribution >= 0.6 is 11.6 Å². The van der Waals surface area contributed by atoms with E-state index in [1.165, 1.54) is 6.92 Å². The summed E-state index contributed by atoms with van der Waals surface area (Å²) >= 11 is 5.82. The summed E-state index contributed by atoms with van der Waals surface area (Å²) in [5, 5.41) is 3.08. The Kier molecular flexibility index (Phi) is 5.64. The number of anilines is 1. The SMILES string of the molecule is C[C@@H](OC(=O)C[C@@H]1CCS(=O)(=O)C1)C(=O)Nc1cccc(Cl)c1. The lowest BCUT2D eigenvalue weighted by atomic mass is 10.1. The fourth-order valence-corrected chi connectivity index (χ4v) is 4.43. The third-order valence-electron chi connectivity index (χ3n) is 3.55. The Labute approximate surface area is 140 Å². The molecule has 1 aliphatic rings. The molecule has 1 aliphatic heterocycles. The van der Waals surface area contributed by atoms with Crippen LogP contribution < -0.4 is 5.32 Å². The van der Waals surface area contributed by atoms with E-state index < -0.39 is 27.8 Å². The van der Waals surface area contributed by atoms with Gasteiger partial charge in [-0.05, 0) is 37.5 Å². The molecule has 1 N–H and O–H groups in total. The number of rotatable bonds is 5. The van der Waals surface area contributed by atoms with Crippen molar-refractivity contribution in [3.05, 3.63) is 29.3 Å². The molecule has 2 atom stereocenters. The molecule has 1 aromatic rings. The van der Waals surface area contributed by atoms with Gasteiger partial charge in [-0.1, -0.05) is 17.7 Å². The van der Waals surface area contributed by atoms with Gasteiger partial charge >= 0.3 is 5.97 Å². The van der Waals surface area contributed by atoms with Crippen molar-refractivity contribution in [2.75, 3.05) is 16.8 Å². The fourth-order valence-electron chi connectivity index (χ4n) is 2.38. The number of halogens is 1. The summed E-state index contributed by atoms with van der Waals surface area (Å²) in [7, 11) is -3.03. The summed E-state index contributed by atoms with van der Waals surface area (Å²) in [6, 6.07) is 6.62. The quantitative estimate of drug-likeness (QED) is 0.812. The van der Waals surface area contributed by atoms with Gasteiger partial charge in [0.15, 0.2) is 15.9 Å². The van der Waals surface area contributed by atoms with Gasteiger partial charge in [0.2, 0.25) is 0 Å². The molecule has 2 rings (SSSR count). The predicted molar refractivity (Wildman–Crippen MR) is 87.0 cm³/mol. The first kappa shape index (κ1) is 17.7. The number of sulfone groups is 1. The third-order valence-corrected chi connectivity index (χ3v) is 5.62. The van der Waals surface area contributed by atoms with E-state index >= 15 is 0 Å². The molecule has 1 amide bonds. The van der Waals surface area contributed by atoms with E-state index in [0.29, 0.717) is 17.1 Å². The van der Waals surface area contributed by atoms with Crippen LogP contribution in [0.15, 0.2) is 24.3 Å². The lowest BCUT2D eigenvalue weighted by Gasteiger charge is -2.15. The van der Waals surface area contributed by atoms with Crippen LogP contribution in [0.25, 0.3) is 0 Å². The topological polar surface area (TPSA) is 89.5 Å². The number of hydrogen-bond acceptors (Lipinski definition) is 5. The lowest BCUT2D eigenvalue weighted by Crippen LogP contribution is -2.30. The average molecular weight is 360 g/mol. The second-order valence-electron chi connectivity index (χ2n) is 5.60. The molecule has 0 saturated carbocycles. The monoisotopic (exact) mass is 359 g/mol. The first-order valence-corrected chi connectivity index (χ1v) is 9.41. The summed E-state index contributed by atoms with van der Waals surface area (Å²) in [5.74, 6) is -1.16. The zero-order chi connectivity index (χ0) is 17.0. The average Bonchev–Trinajstić information content (AvgIpc) is 2.77. The molecule has 1 heterocycles. The van der Waals surface area contributed by atoms with Gasteiger partial charge in [0, 0.05) is 17.1 Å². The van der Waals surface area contributed by atoms with Crippen molar-refractivity contribution in [2.45, 2.75) is 25.9 Å². The van der Waals surface area contributed by atoms with Gasteiger partial charge in [0.05, 0.1) is 11.5 Å². The third kappa shape index (κ3) is 5.51. The largest absolute Gasteiger partial charge is 0.453 e. The summed E-state index contributed by atoms with van der Waals surface area (Å²) in [6.07, 6.45) is -0.506. The van der Waals surface area contributed by atoms with Crippen molar-refractivity contribution in [1.29, 1.82) is 0 Å². The van der Waals surface area contributed by atoms with Crippen LogP contribution in [0.3, 0.4) is 0 Å². The number of carbonyl (C=O) groups is 2. The molecule has 1 aromatic carbocycles. The van der Waals surface area contributed by atoms with Crippen molar-refractivity contribution in [3.63, 3.8) is 0 Å². The summed E-state index contributed by atoms with van der Waals surface area (Å²) in [5.41, 5.74) is 0.507. The van der Waals surface area contributed by atoms with Gasteiger partial charge in [-0.15, -0.1) is 0 Å². The number of esters is 1. The van der Waals surface area contributed by atoms with Crippen molar-refractivity contribution in [2.24, 2.45) is 5.92 Å². The van der Waals surface area contributed by atoms with Crippen LogP contribution in [0.1, 0.15) is 19.8 Å². The maximum absolute atomic E-state index is 12.0. The van der Waals surface area contributed by atoms with E-state index in [0.717, 1.165) is 0 Å². The van der Waals surface area contributed by atoms with E-state index in [-0.39, 0.29) is 23.8 Å². The molecular formula is C15H18ClNO5S. The molecule has 0 aliphatic carbocycles. The number of nitrogens with one attached hydrogen (secondary N) is 1. The van der Waals surface area contributed by atoms with Gasteiger partial charge < -0.3 is 10.1 Å². The number of benzene rings is 1. The molecular weight excluding hydrogens is 342 g/mol. The molecule has 1 saturated heterocycles. The second-order valence-corrected chi connectivity index (χ2v) is 8.27. The number of hydrogen-bond donors (Lipinski definition) is 1. The normalized spacial score (nSPS) is 20.7. The maximum Gasteiger partial charge on any atom is 0.306 e. The number of amides is 1. The maximum atomic E-state index is 12.0. The molecule has 0 radical (unpaired) electrons. The number of carbonyl (C=O) groups excluding carboxylic acids is 2. The van der Waals surface area contributed by atoms with Gasteiger partial charge in [-0.25, -0.2) is 8.42 Å². The Hall–Kier alpha value is -1.60. The van der Waals surface area contributed by atoms with Gasteiger partial charge in [0.25, 0.3) is 5.91 Å². The van der Waals surface area contributed by atoms with Crippen LogP contribution in [-0.4, -0.2) is 37.9 Å². The minimum Gasteiger partial charge on any atom is -0.453 e. The fraction of sp³-hybridized carbons (Fsp3) is 0.467. The molecule has 23 heavy (non-hydrogen) atoms. The van der Waals surface area contributed by atoms with Gasteiger partial charge in [-0.2, -0.15) is 0 Å². The Morgan fingerprint density at radius 1 is 1.43 bits per heavy atom. The van der Waals surface area contributed by atoms with Gasteiger partial charge in [-0.3, -0.25) is 9.59 Å². The lowest BCUT2D eigenvalue weighted by molar-refractivity contribution is -0.153. The number of ether oxygens (including phenoxy) is 1. The molecule has 6 nitrogen and oxygen atoms in total. The smallest absolute Gasteiger partial charge is 0.306 e. The van der Waals surface area contributed by atoms with Crippen LogP contribution in [0, 0.1) is 5.92 Å². The highest BCUT2D eigenvalue weighted by Crippen LogP contribution is 2.22. The van der Waals surface area contributed by atoms with Crippen LogP contribution in [0.4, 0.5) is 5.69 Å². The predicted octanol–water partition coefficient (Wildman–Crippen LogP) is 2.03. The molecule has 0 unspecified atom stereocenters. The molecule has 0 aromatic heterocycles. The van der Waals surface area contributed by atoms with Crippen molar-refractivity contribution < 1.29 is 22.7 Å². The van der Waals surface area contributed by atoms with Crippen molar-refractivity contribution in [3.8, 4) is 0 Å². The highest BCUT2D eigenvalue weighted by molar-refractivity contribution is 7.91. The summed E-state index contributed by atoms with van der Waals surface area (Å²) in [6.45, 7) is 1.46. The minimum absolute atomic E-state index is 0.00515. The Morgan fingerprint density at radius 2 is 2.17 bits per heavy atom. The van der Waals surface area contributed by atoms with E-state index in [2.05, 4.69) is 5.32 Å². The van der Waals surface area contributed by atoms with E-state index in [1.807, 2.05) is 0 Å². The van der Waals surface area contributed by atoms with Crippen LogP contribution in [-0.2, 0) is 24.2 Å². The minimum atomic E-state index is -3.03. The zero-order valence-electron chi connectivity index (χ0n) is 12.6. The molecule has 8 heteroatoms. The summed E-state index contributed by atoms with van der Waals surface area (Å²) < 4.78 is 27.8. The van der Waals surface area contributed by atoms with Crippen LogP contribution in [0.2, 0.25) is 5.02 Å². The first-order valence-electron chi connectivity index (χ1n) is 7.21. The highest BCUT2D eigenvalue weighted by Gasteiger charge is 2.30. The molecule has 1 fully saturated rings.